The number of rotatable bonds is 3. The van der Waals surface area contributed by atoms with Gasteiger partial charge in [-0.05, 0) is 35.7 Å². The highest BCUT2D eigenvalue weighted by molar-refractivity contribution is 6.00. The van der Waals surface area contributed by atoms with Crippen LogP contribution in [-0.4, -0.2) is 19.9 Å². The molecule has 2 aliphatic rings. The van der Waals surface area contributed by atoms with Crippen molar-refractivity contribution in [2.75, 3.05) is 5.32 Å². The van der Waals surface area contributed by atoms with Crippen molar-refractivity contribution in [1.82, 2.24) is 13.7 Å². The highest BCUT2D eigenvalue weighted by Crippen LogP contribution is 2.46. The van der Waals surface area contributed by atoms with E-state index in [-0.39, 0.29) is 23.3 Å². The van der Waals surface area contributed by atoms with Gasteiger partial charge in [-0.3, -0.25) is 18.9 Å². The Morgan fingerprint density at radius 2 is 1.51 bits per heavy atom. The van der Waals surface area contributed by atoms with E-state index >= 15 is 0 Å². The molecule has 0 radical (unpaired) electrons. The fourth-order valence-electron chi connectivity index (χ4n) is 5.66. The number of aliphatic imine (C=N–C) groups is 1. The molecule has 7 rings (SSSR count). The Labute approximate surface area is 213 Å². The monoisotopic (exact) mass is 487 g/mol. The van der Waals surface area contributed by atoms with Crippen LogP contribution in [-0.2, 0) is 14.1 Å². The van der Waals surface area contributed by atoms with Gasteiger partial charge in [-0.2, -0.15) is 0 Å². The smallest absolute Gasteiger partial charge is 0.331 e. The van der Waals surface area contributed by atoms with E-state index in [1.54, 1.807) is 18.7 Å². The molecule has 2 aliphatic heterocycles. The summed E-state index contributed by atoms with van der Waals surface area (Å²) in [5.41, 5.74) is 7.82. The molecule has 7 heteroatoms. The van der Waals surface area contributed by atoms with E-state index in [1.165, 1.54) is 4.57 Å². The minimum atomic E-state index is -0.346. The number of fused-ring (bicyclic) bond motifs is 5. The molecule has 37 heavy (non-hydrogen) atoms. The molecule has 2 aromatic heterocycles. The molecule has 5 aromatic rings. The summed E-state index contributed by atoms with van der Waals surface area (Å²) in [4.78, 5) is 31.3. The van der Waals surface area contributed by atoms with Gasteiger partial charge in [0.1, 0.15) is 6.04 Å². The van der Waals surface area contributed by atoms with Gasteiger partial charge in [-0.15, -0.1) is 0 Å². The molecular weight excluding hydrogens is 462 g/mol. The normalized spacial score (nSPS) is 17.4. The lowest BCUT2D eigenvalue weighted by atomic mass is 9.97. The fraction of sp³-hybridized carbons (Fsp3) is 0.167. The number of nitrogens with one attached hydrogen (secondary N) is 1. The number of para-hydroxylation sites is 2. The molecule has 182 valence electrons. The van der Waals surface area contributed by atoms with Crippen molar-refractivity contribution in [1.29, 1.82) is 0 Å². The zero-order valence-corrected chi connectivity index (χ0v) is 20.8. The second-order valence-corrected chi connectivity index (χ2v) is 9.82. The first kappa shape index (κ1) is 21.6. The predicted octanol–water partition coefficient (Wildman–Crippen LogP) is 4.64. The molecular formula is C30H25N5O2. The quantitative estimate of drug-likeness (QED) is 0.403. The predicted molar refractivity (Wildman–Crippen MR) is 147 cm³/mol. The maximum absolute atomic E-state index is 13.8. The van der Waals surface area contributed by atoms with Gasteiger partial charge in [0.25, 0.3) is 5.56 Å². The largest absolute Gasteiger partial charge is 0.371 e. The van der Waals surface area contributed by atoms with Gasteiger partial charge in [0.05, 0.1) is 39.7 Å². The molecule has 0 fully saturated rings. The first-order valence-electron chi connectivity index (χ1n) is 12.3. The zero-order valence-electron chi connectivity index (χ0n) is 20.8. The van der Waals surface area contributed by atoms with Crippen LogP contribution in [0.1, 0.15) is 34.5 Å². The maximum atomic E-state index is 13.8. The second-order valence-electron chi connectivity index (χ2n) is 9.82. The van der Waals surface area contributed by atoms with Crippen LogP contribution in [0.5, 0.6) is 0 Å². The Morgan fingerprint density at radius 1 is 0.838 bits per heavy atom. The molecule has 2 atom stereocenters. The Morgan fingerprint density at radius 3 is 2.24 bits per heavy atom. The zero-order chi connectivity index (χ0) is 25.4. The molecule has 4 heterocycles. The van der Waals surface area contributed by atoms with Crippen LogP contribution >= 0.6 is 0 Å². The number of benzene rings is 3. The van der Waals surface area contributed by atoms with Crippen molar-refractivity contribution in [2.45, 2.75) is 19.0 Å². The second kappa shape index (κ2) is 7.67. The van der Waals surface area contributed by atoms with E-state index in [0.717, 1.165) is 45.0 Å². The summed E-state index contributed by atoms with van der Waals surface area (Å²) in [7, 11) is 3.29. The number of anilines is 1. The minimum absolute atomic E-state index is 0.176. The van der Waals surface area contributed by atoms with Crippen LogP contribution in [0.2, 0.25) is 0 Å². The van der Waals surface area contributed by atoms with Crippen LogP contribution < -0.4 is 16.6 Å². The van der Waals surface area contributed by atoms with Crippen molar-refractivity contribution in [3.63, 3.8) is 0 Å². The molecule has 3 aromatic carbocycles. The van der Waals surface area contributed by atoms with Gasteiger partial charge in [-0.25, -0.2) is 4.79 Å². The molecule has 0 saturated heterocycles. The third-order valence-corrected chi connectivity index (χ3v) is 7.64. The van der Waals surface area contributed by atoms with E-state index < -0.39 is 0 Å². The Bertz CT molecular complexity index is 1880. The van der Waals surface area contributed by atoms with Crippen LogP contribution in [0.25, 0.3) is 27.8 Å². The highest BCUT2D eigenvalue weighted by Gasteiger charge is 2.35. The SMILES string of the molecule is Cc1ccccc1-c1c2c(=O)n(C)c(=O)n(C)c2c2n1-c1ccccc1NC2c1ccc(C2C=N2)cc1. The summed E-state index contributed by atoms with van der Waals surface area (Å²) in [6, 6.07) is 24.5. The average Bonchev–Trinajstić information content (AvgIpc) is 3.71. The van der Waals surface area contributed by atoms with Crippen LogP contribution in [0, 0.1) is 6.92 Å². The number of nitrogens with zero attached hydrogens (tertiary/aromatic N) is 4. The summed E-state index contributed by atoms with van der Waals surface area (Å²) in [6.45, 7) is 2.05. The van der Waals surface area contributed by atoms with E-state index in [1.807, 2.05) is 36.5 Å². The molecule has 1 N–H and O–H groups in total. The number of aryl methyl sites for hydroxylation is 2. The number of aromatic nitrogens is 3. The molecule has 0 saturated carbocycles. The number of hydrogen-bond donors (Lipinski definition) is 1. The van der Waals surface area contributed by atoms with Crippen molar-refractivity contribution >= 4 is 22.8 Å². The standard InChI is InChI=1S/C30H25N5O2/c1-17-8-4-5-9-20(17)26-24-27(33(2)30(37)34(3)29(24)36)28-25(19-14-12-18(13-15-19)22-16-31-22)32-21-10-6-7-11-23(21)35(26)28/h4-16,22,25,32H,1-3H3. The minimum Gasteiger partial charge on any atom is -0.371 e. The topological polar surface area (TPSA) is 73.3 Å². The lowest BCUT2D eigenvalue weighted by molar-refractivity contribution is 0.708. The van der Waals surface area contributed by atoms with Crippen LogP contribution in [0.4, 0.5) is 5.69 Å². The van der Waals surface area contributed by atoms with Crippen LogP contribution in [0.3, 0.4) is 0 Å². The van der Waals surface area contributed by atoms with E-state index in [4.69, 9.17) is 0 Å². The third kappa shape index (κ3) is 3.03. The summed E-state index contributed by atoms with van der Waals surface area (Å²) < 4.78 is 5.00. The number of hydrogen-bond acceptors (Lipinski definition) is 4. The summed E-state index contributed by atoms with van der Waals surface area (Å²) in [5, 5.41) is 4.25. The molecule has 2 unspecified atom stereocenters. The van der Waals surface area contributed by atoms with Gasteiger partial charge in [0, 0.05) is 25.9 Å². The van der Waals surface area contributed by atoms with E-state index in [2.05, 4.69) is 64.3 Å². The van der Waals surface area contributed by atoms with Crippen LogP contribution in [0.15, 0.2) is 87.4 Å². The van der Waals surface area contributed by atoms with Crippen molar-refractivity contribution in [3.05, 3.63) is 116 Å². The molecule has 0 spiro atoms. The Hall–Kier alpha value is -4.65. The summed E-state index contributed by atoms with van der Waals surface area (Å²) in [6.07, 6.45) is 1.93. The first-order valence-corrected chi connectivity index (χ1v) is 12.3. The fourth-order valence-corrected chi connectivity index (χ4v) is 5.66. The summed E-state index contributed by atoms with van der Waals surface area (Å²) >= 11 is 0. The molecule has 0 amide bonds. The van der Waals surface area contributed by atoms with Gasteiger partial charge < -0.3 is 9.88 Å². The molecule has 0 bridgehead atoms. The Balaban J connectivity index is 1.65. The van der Waals surface area contributed by atoms with Crippen molar-refractivity contribution < 1.29 is 0 Å². The van der Waals surface area contributed by atoms with E-state index in [0.29, 0.717) is 10.9 Å². The molecule has 0 aliphatic carbocycles. The highest BCUT2D eigenvalue weighted by atomic mass is 16.2. The van der Waals surface area contributed by atoms with Gasteiger partial charge in [0.2, 0.25) is 0 Å². The Kier molecular flexibility index (Phi) is 4.48. The third-order valence-electron chi connectivity index (χ3n) is 7.64. The van der Waals surface area contributed by atoms with Gasteiger partial charge >= 0.3 is 5.69 Å². The van der Waals surface area contributed by atoms with E-state index in [9.17, 15) is 9.59 Å². The average molecular weight is 488 g/mol. The first-order chi connectivity index (χ1) is 18.0. The maximum Gasteiger partial charge on any atom is 0.331 e. The van der Waals surface area contributed by atoms with Gasteiger partial charge in [-0.1, -0.05) is 60.7 Å². The van der Waals surface area contributed by atoms with Gasteiger partial charge in [0.15, 0.2) is 0 Å². The van der Waals surface area contributed by atoms with Crippen molar-refractivity contribution in [3.8, 4) is 16.9 Å². The lowest BCUT2D eigenvalue weighted by Gasteiger charge is -2.31. The van der Waals surface area contributed by atoms with Crippen molar-refractivity contribution in [2.24, 2.45) is 19.1 Å². The summed E-state index contributed by atoms with van der Waals surface area (Å²) in [5.74, 6) is 0. The lowest BCUT2D eigenvalue weighted by Crippen LogP contribution is -2.37. The molecule has 7 nitrogen and oxygen atoms in total.